The van der Waals surface area contributed by atoms with Crippen LogP contribution in [0.5, 0.6) is 23.0 Å². The highest BCUT2D eigenvalue weighted by Crippen LogP contribution is 2.34. The third-order valence-electron chi connectivity index (χ3n) is 4.66. The second-order valence-corrected chi connectivity index (χ2v) is 7.59. The van der Waals surface area contributed by atoms with Crippen LogP contribution in [0.1, 0.15) is 61.0 Å². The SMILES string of the molecule is CCCCOc1cc(O)cc(CC(=O)c2ccc(OCCCCl)c(CCC)c2O)c1. The van der Waals surface area contributed by atoms with E-state index in [0.717, 1.165) is 19.3 Å². The number of phenolic OH excluding ortho intramolecular Hbond substituents is 2. The lowest BCUT2D eigenvalue weighted by Gasteiger charge is -2.15. The normalized spacial score (nSPS) is 10.8. The number of Topliss-reactive ketones (excluding diaryl/α,β-unsaturated/α-hetero) is 1. The predicted octanol–water partition coefficient (Wildman–Crippen LogP) is 5.66. The first kappa shape index (κ1) is 23.9. The van der Waals surface area contributed by atoms with Crippen LogP contribution < -0.4 is 9.47 Å². The average molecular weight is 435 g/mol. The summed E-state index contributed by atoms with van der Waals surface area (Å²) in [6, 6.07) is 8.15. The van der Waals surface area contributed by atoms with E-state index < -0.39 is 0 Å². The fraction of sp³-hybridized carbons (Fsp3) is 0.458. The van der Waals surface area contributed by atoms with Gasteiger partial charge in [0.1, 0.15) is 23.0 Å². The monoisotopic (exact) mass is 434 g/mol. The quantitative estimate of drug-likeness (QED) is 0.241. The molecule has 0 spiro atoms. The third kappa shape index (κ3) is 6.84. The van der Waals surface area contributed by atoms with Gasteiger partial charge >= 0.3 is 0 Å². The van der Waals surface area contributed by atoms with Crippen molar-refractivity contribution in [3.05, 3.63) is 47.0 Å². The summed E-state index contributed by atoms with van der Waals surface area (Å²) in [5.41, 5.74) is 1.52. The summed E-state index contributed by atoms with van der Waals surface area (Å²) in [7, 11) is 0. The molecule has 164 valence electrons. The summed E-state index contributed by atoms with van der Waals surface area (Å²) >= 11 is 5.70. The van der Waals surface area contributed by atoms with Crippen molar-refractivity contribution in [2.75, 3.05) is 19.1 Å². The molecule has 0 radical (unpaired) electrons. The fourth-order valence-corrected chi connectivity index (χ4v) is 3.26. The molecule has 0 aliphatic carbocycles. The van der Waals surface area contributed by atoms with Gasteiger partial charge in [0.15, 0.2) is 5.78 Å². The number of ketones is 1. The number of unbranched alkanes of at least 4 members (excludes halogenated alkanes) is 1. The number of hydrogen-bond donors (Lipinski definition) is 2. The molecule has 0 amide bonds. The molecule has 0 heterocycles. The first-order valence-corrected chi connectivity index (χ1v) is 11.1. The molecule has 0 unspecified atom stereocenters. The standard InChI is InChI=1S/C24H31ClO5/c1-3-5-11-29-19-14-17(13-18(26)16-19)15-22(27)20-8-9-23(30-12-6-10-25)21(7-4-2)24(20)28/h8-9,13-14,16,26,28H,3-7,10-12,15H2,1-2H3. The van der Waals surface area contributed by atoms with Gasteiger partial charge < -0.3 is 19.7 Å². The Balaban J connectivity index is 2.21. The zero-order valence-electron chi connectivity index (χ0n) is 17.7. The zero-order valence-corrected chi connectivity index (χ0v) is 18.5. The van der Waals surface area contributed by atoms with Gasteiger partial charge in [-0.15, -0.1) is 11.6 Å². The number of benzene rings is 2. The molecule has 0 saturated carbocycles. The summed E-state index contributed by atoms with van der Waals surface area (Å²) in [5, 5.41) is 20.7. The topological polar surface area (TPSA) is 76.0 Å². The largest absolute Gasteiger partial charge is 0.508 e. The molecule has 2 rings (SSSR count). The Kier molecular flexibility index (Phi) is 9.81. The summed E-state index contributed by atoms with van der Waals surface area (Å²) in [6.07, 6.45) is 4.08. The van der Waals surface area contributed by atoms with E-state index in [1.165, 1.54) is 12.1 Å². The van der Waals surface area contributed by atoms with Gasteiger partial charge in [0, 0.05) is 23.9 Å². The van der Waals surface area contributed by atoms with Crippen molar-refractivity contribution in [1.29, 1.82) is 0 Å². The lowest BCUT2D eigenvalue weighted by atomic mass is 9.97. The highest BCUT2D eigenvalue weighted by molar-refractivity contribution is 6.17. The van der Waals surface area contributed by atoms with E-state index in [0.29, 0.717) is 54.6 Å². The van der Waals surface area contributed by atoms with E-state index in [2.05, 4.69) is 6.92 Å². The first-order valence-electron chi connectivity index (χ1n) is 10.5. The molecule has 2 aromatic carbocycles. The molecule has 0 atom stereocenters. The van der Waals surface area contributed by atoms with Crippen molar-refractivity contribution in [2.45, 2.75) is 52.4 Å². The maximum atomic E-state index is 12.9. The van der Waals surface area contributed by atoms with Crippen LogP contribution in [-0.4, -0.2) is 35.1 Å². The van der Waals surface area contributed by atoms with Gasteiger partial charge in [-0.3, -0.25) is 4.79 Å². The van der Waals surface area contributed by atoms with E-state index in [-0.39, 0.29) is 29.3 Å². The molecular formula is C24H31ClO5. The highest BCUT2D eigenvalue weighted by Gasteiger charge is 2.19. The van der Waals surface area contributed by atoms with Crippen molar-refractivity contribution in [2.24, 2.45) is 0 Å². The van der Waals surface area contributed by atoms with Gasteiger partial charge in [0.25, 0.3) is 0 Å². The molecule has 2 N–H and O–H groups in total. The Morgan fingerprint density at radius 3 is 2.47 bits per heavy atom. The smallest absolute Gasteiger partial charge is 0.170 e. The highest BCUT2D eigenvalue weighted by atomic mass is 35.5. The van der Waals surface area contributed by atoms with Crippen LogP contribution in [0.3, 0.4) is 0 Å². The Bertz CT molecular complexity index is 835. The molecule has 0 bridgehead atoms. The molecular weight excluding hydrogens is 404 g/mol. The van der Waals surface area contributed by atoms with Crippen LogP contribution in [0.2, 0.25) is 0 Å². The summed E-state index contributed by atoms with van der Waals surface area (Å²) in [4.78, 5) is 12.9. The summed E-state index contributed by atoms with van der Waals surface area (Å²) < 4.78 is 11.4. The number of halogens is 1. The van der Waals surface area contributed by atoms with Crippen molar-refractivity contribution in [3.8, 4) is 23.0 Å². The summed E-state index contributed by atoms with van der Waals surface area (Å²) in [6.45, 7) is 5.09. The van der Waals surface area contributed by atoms with Gasteiger partial charge in [0.2, 0.25) is 0 Å². The third-order valence-corrected chi connectivity index (χ3v) is 4.93. The van der Waals surface area contributed by atoms with Crippen LogP contribution in [0.25, 0.3) is 0 Å². The van der Waals surface area contributed by atoms with Crippen molar-refractivity contribution >= 4 is 17.4 Å². The minimum Gasteiger partial charge on any atom is -0.508 e. The minimum absolute atomic E-state index is 0.0372. The van der Waals surface area contributed by atoms with Crippen LogP contribution in [-0.2, 0) is 12.8 Å². The molecule has 5 nitrogen and oxygen atoms in total. The lowest BCUT2D eigenvalue weighted by molar-refractivity contribution is 0.0990. The van der Waals surface area contributed by atoms with Gasteiger partial charge in [-0.05, 0) is 49.1 Å². The Morgan fingerprint density at radius 1 is 1.00 bits per heavy atom. The predicted molar refractivity (Wildman–Crippen MR) is 119 cm³/mol. The van der Waals surface area contributed by atoms with E-state index in [9.17, 15) is 15.0 Å². The second kappa shape index (κ2) is 12.3. The van der Waals surface area contributed by atoms with Gasteiger partial charge in [0.05, 0.1) is 18.8 Å². The number of alkyl halides is 1. The van der Waals surface area contributed by atoms with E-state index in [4.69, 9.17) is 21.1 Å². The molecule has 30 heavy (non-hydrogen) atoms. The fourth-order valence-electron chi connectivity index (χ4n) is 3.15. The van der Waals surface area contributed by atoms with Crippen LogP contribution >= 0.6 is 11.6 Å². The van der Waals surface area contributed by atoms with Crippen LogP contribution in [0.4, 0.5) is 0 Å². The van der Waals surface area contributed by atoms with E-state index in [1.54, 1.807) is 18.2 Å². The van der Waals surface area contributed by atoms with E-state index in [1.807, 2.05) is 6.92 Å². The first-order chi connectivity index (χ1) is 14.5. The molecule has 0 aliphatic heterocycles. The molecule has 0 aromatic heterocycles. The lowest BCUT2D eigenvalue weighted by Crippen LogP contribution is -2.08. The van der Waals surface area contributed by atoms with Crippen molar-refractivity contribution in [3.63, 3.8) is 0 Å². The van der Waals surface area contributed by atoms with Crippen LogP contribution in [0.15, 0.2) is 30.3 Å². The number of carbonyl (C=O) groups excluding carboxylic acids is 1. The average Bonchev–Trinajstić information content (AvgIpc) is 2.70. The molecule has 6 heteroatoms. The maximum absolute atomic E-state index is 12.9. The number of ether oxygens (including phenoxy) is 2. The molecule has 0 saturated heterocycles. The van der Waals surface area contributed by atoms with E-state index >= 15 is 0 Å². The van der Waals surface area contributed by atoms with Crippen molar-refractivity contribution in [1.82, 2.24) is 0 Å². The zero-order chi connectivity index (χ0) is 21.9. The number of phenols is 2. The Hall–Kier alpha value is -2.40. The minimum atomic E-state index is -0.234. The van der Waals surface area contributed by atoms with Gasteiger partial charge in [-0.1, -0.05) is 26.7 Å². The maximum Gasteiger partial charge on any atom is 0.170 e. The molecule has 0 aliphatic rings. The summed E-state index contributed by atoms with van der Waals surface area (Å²) in [5.74, 6) is 1.39. The number of hydrogen-bond acceptors (Lipinski definition) is 5. The Labute approximate surface area is 183 Å². The van der Waals surface area contributed by atoms with Gasteiger partial charge in [-0.2, -0.15) is 0 Å². The molecule has 2 aromatic rings. The number of rotatable bonds is 13. The molecule has 0 fully saturated rings. The number of carbonyl (C=O) groups is 1. The van der Waals surface area contributed by atoms with Crippen molar-refractivity contribution < 1.29 is 24.5 Å². The van der Waals surface area contributed by atoms with Gasteiger partial charge in [-0.25, -0.2) is 0 Å². The van der Waals surface area contributed by atoms with Crippen LogP contribution in [0, 0.1) is 0 Å². The second-order valence-electron chi connectivity index (χ2n) is 7.22. The Morgan fingerprint density at radius 2 is 1.77 bits per heavy atom. The number of aromatic hydroxyl groups is 2.